The number of aromatic nitrogens is 2. The normalized spacial score (nSPS) is 11.8. The fourth-order valence-corrected chi connectivity index (χ4v) is 4.51. The van der Waals surface area contributed by atoms with Crippen molar-refractivity contribution in [3.63, 3.8) is 0 Å². The van der Waals surface area contributed by atoms with Crippen LogP contribution < -0.4 is 10.0 Å². The third-order valence-electron chi connectivity index (χ3n) is 5.24. The molecule has 1 heterocycles. The molecule has 0 atom stereocenters. The summed E-state index contributed by atoms with van der Waals surface area (Å²) in [7, 11) is 2.21. The maximum absolute atomic E-state index is 12.9. The van der Waals surface area contributed by atoms with Gasteiger partial charge in [-0.05, 0) is 62.8 Å². The number of aryl methyl sites for hydroxylation is 2. The average Bonchev–Trinajstić information content (AvgIpc) is 2.97. The van der Waals surface area contributed by atoms with Crippen LogP contribution in [0.25, 0.3) is 11.1 Å². The highest BCUT2D eigenvalue weighted by Crippen LogP contribution is 2.25. The number of hydrogen-bond acceptors (Lipinski definition) is 5. The first kappa shape index (κ1) is 23.0. The molecule has 3 aromatic rings. The van der Waals surface area contributed by atoms with Crippen molar-refractivity contribution in [2.45, 2.75) is 25.3 Å². The summed E-state index contributed by atoms with van der Waals surface area (Å²) in [6.45, 7) is 6.33. The summed E-state index contributed by atoms with van der Waals surface area (Å²) in [6.07, 6.45) is 0. The summed E-state index contributed by atoms with van der Waals surface area (Å²) in [5.74, 6) is 0. The summed E-state index contributed by atoms with van der Waals surface area (Å²) in [5, 5.41) is 7.71. The quantitative estimate of drug-likeness (QED) is 0.499. The topological polar surface area (TPSA) is 79.3 Å². The van der Waals surface area contributed by atoms with E-state index in [0.717, 1.165) is 36.5 Å². The van der Waals surface area contributed by atoms with E-state index in [-0.39, 0.29) is 4.90 Å². The maximum Gasteiger partial charge on any atom is 0.262 e. The van der Waals surface area contributed by atoms with Crippen LogP contribution >= 0.6 is 0 Å². The first-order valence-corrected chi connectivity index (χ1v) is 11.7. The van der Waals surface area contributed by atoms with Crippen LogP contribution in [0.15, 0.2) is 53.4 Å². The number of anilines is 1. The molecular weight excluding hydrogens is 410 g/mol. The molecule has 0 saturated carbocycles. The molecule has 0 aliphatic heterocycles. The van der Waals surface area contributed by atoms with E-state index in [4.69, 9.17) is 0 Å². The van der Waals surface area contributed by atoms with Crippen LogP contribution in [-0.4, -0.2) is 50.3 Å². The highest BCUT2D eigenvalue weighted by molar-refractivity contribution is 7.92. The van der Waals surface area contributed by atoms with E-state index >= 15 is 0 Å². The van der Waals surface area contributed by atoms with Crippen LogP contribution in [0.4, 0.5) is 5.69 Å². The minimum Gasteiger partial charge on any atom is -0.311 e. The molecule has 8 heteroatoms. The molecule has 0 saturated heterocycles. The van der Waals surface area contributed by atoms with E-state index in [1.54, 1.807) is 30.8 Å². The van der Waals surface area contributed by atoms with E-state index in [1.807, 2.05) is 31.2 Å². The predicted octanol–water partition coefficient (Wildman–Crippen LogP) is 3.16. The van der Waals surface area contributed by atoms with Gasteiger partial charge in [0.1, 0.15) is 0 Å². The summed E-state index contributed by atoms with van der Waals surface area (Å²) in [5.41, 5.74) is 5.17. The second-order valence-electron chi connectivity index (χ2n) is 7.98. The van der Waals surface area contributed by atoms with Gasteiger partial charge >= 0.3 is 0 Å². The average molecular weight is 442 g/mol. The molecule has 0 aliphatic carbocycles. The first-order chi connectivity index (χ1) is 14.7. The standard InChI is InChI=1S/C23H31N5O2S/c1-17-23(18(2)28(5)25-17)26-31(29,30)22-11-9-20(10-12-22)21-8-6-7-19(15-21)16-24-13-14-27(3)4/h6-12,15,24,26H,13-14,16H2,1-5H3. The van der Waals surface area contributed by atoms with Gasteiger partial charge in [0.25, 0.3) is 10.0 Å². The fraction of sp³-hybridized carbons (Fsp3) is 0.348. The molecule has 0 spiro atoms. The molecule has 0 bridgehead atoms. The van der Waals surface area contributed by atoms with Crippen molar-refractivity contribution < 1.29 is 8.42 Å². The van der Waals surface area contributed by atoms with Crippen LogP contribution in [0.5, 0.6) is 0 Å². The second kappa shape index (κ2) is 9.64. The van der Waals surface area contributed by atoms with Crippen molar-refractivity contribution in [1.82, 2.24) is 20.0 Å². The van der Waals surface area contributed by atoms with E-state index in [1.165, 1.54) is 5.56 Å². The molecule has 2 aromatic carbocycles. The van der Waals surface area contributed by atoms with Crippen LogP contribution in [-0.2, 0) is 23.6 Å². The lowest BCUT2D eigenvalue weighted by molar-refractivity contribution is 0.400. The van der Waals surface area contributed by atoms with Gasteiger partial charge in [-0.25, -0.2) is 8.42 Å². The molecule has 0 aliphatic rings. The number of sulfonamides is 1. The molecule has 3 rings (SSSR count). The van der Waals surface area contributed by atoms with Crippen molar-refractivity contribution in [1.29, 1.82) is 0 Å². The molecule has 2 N–H and O–H groups in total. The molecule has 31 heavy (non-hydrogen) atoms. The number of rotatable bonds is 9. The summed E-state index contributed by atoms with van der Waals surface area (Å²) >= 11 is 0. The third-order valence-corrected chi connectivity index (χ3v) is 6.60. The molecule has 0 fully saturated rings. The Bertz CT molecular complexity index is 1140. The number of likely N-dealkylation sites (N-methyl/N-ethyl adjacent to an activating group) is 1. The molecule has 166 valence electrons. The molecule has 0 amide bonds. The number of benzene rings is 2. The van der Waals surface area contributed by atoms with Crippen LogP contribution in [0.3, 0.4) is 0 Å². The highest BCUT2D eigenvalue weighted by atomic mass is 32.2. The summed E-state index contributed by atoms with van der Waals surface area (Å²) < 4.78 is 30.0. The predicted molar refractivity (Wildman–Crippen MR) is 126 cm³/mol. The van der Waals surface area contributed by atoms with E-state index in [9.17, 15) is 8.42 Å². The smallest absolute Gasteiger partial charge is 0.262 e. The lowest BCUT2D eigenvalue weighted by atomic mass is 10.0. The molecular formula is C23H31N5O2S. The summed E-state index contributed by atoms with van der Waals surface area (Å²) in [4.78, 5) is 2.37. The summed E-state index contributed by atoms with van der Waals surface area (Å²) in [6, 6.07) is 15.2. The number of nitrogens with one attached hydrogen (secondary N) is 2. The Kier molecular flexibility index (Phi) is 7.15. The van der Waals surface area contributed by atoms with E-state index < -0.39 is 10.0 Å². The lowest BCUT2D eigenvalue weighted by Gasteiger charge is -2.11. The van der Waals surface area contributed by atoms with Gasteiger partial charge in [0.2, 0.25) is 0 Å². The Morgan fingerprint density at radius 1 is 1.03 bits per heavy atom. The monoisotopic (exact) mass is 441 g/mol. The van der Waals surface area contributed by atoms with Gasteiger partial charge in [-0.3, -0.25) is 9.40 Å². The fourth-order valence-electron chi connectivity index (χ4n) is 3.34. The van der Waals surface area contributed by atoms with Gasteiger partial charge in [-0.2, -0.15) is 5.10 Å². The highest BCUT2D eigenvalue weighted by Gasteiger charge is 2.19. The Hall–Kier alpha value is -2.68. The van der Waals surface area contributed by atoms with Crippen molar-refractivity contribution >= 4 is 15.7 Å². The van der Waals surface area contributed by atoms with Crippen molar-refractivity contribution in [2.24, 2.45) is 7.05 Å². The maximum atomic E-state index is 12.9. The van der Waals surface area contributed by atoms with Crippen molar-refractivity contribution in [3.8, 4) is 11.1 Å². The van der Waals surface area contributed by atoms with Crippen molar-refractivity contribution in [2.75, 3.05) is 31.9 Å². The van der Waals surface area contributed by atoms with Crippen LogP contribution in [0.2, 0.25) is 0 Å². The van der Waals surface area contributed by atoms with Crippen LogP contribution in [0.1, 0.15) is 17.0 Å². The Morgan fingerprint density at radius 2 is 1.74 bits per heavy atom. The van der Waals surface area contributed by atoms with Gasteiger partial charge in [-0.1, -0.05) is 30.3 Å². The SMILES string of the molecule is Cc1nn(C)c(C)c1NS(=O)(=O)c1ccc(-c2cccc(CNCCN(C)C)c2)cc1. The number of nitrogens with zero attached hydrogens (tertiary/aromatic N) is 3. The third kappa shape index (κ3) is 5.72. The Balaban J connectivity index is 1.73. The Labute approximate surface area is 185 Å². The molecule has 7 nitrogen and oxygen atoms in total. The minimum absolute atomic E-state index is 0.223. The van der Waals surface area contributed by atoms with Gasteiger partial charge in [0.05, 0.1) is 22.0 Å². The van der Waals surface area contributed by atoms with Gasteiger partial charge in [-0.15, -0.1) is 0 Å². The zero-order valence-electron chi connectivity index (χ0n) is 18.8. The first-order valence-electron chi connectivity index (χ1n) is 10.3. The van der Waals surface area contributed by atoms with E-state index in [0.29, 0.717) is 11.4 Å². The van der Waals surface area contributed by atoms with Gasteiger partial charge in [0.15, 0.2) is 0 Å². The molecule has 0 unspecified atom stereocenters. The van der Waals surface area contributed by atoms with E-state index in [2.05, 4.69) is 46.3 Å². The van der Waals surface area contributed by atoms with Crippen LogP contribution in [0, 0.1) is 13.8 Å². The second-order valence-corrected chi connectivity index (χ2v) is 9.66. The van der Waals surface area contributed by atoms with Gasteiger partial charge < -0.3 is 10.2 Å². The zero-order chi connectivity index (χ0) is 22.6. The Morgan fingerprint density at radius 3 is 2.35 bits per heavy atom. The lowest BCUT2D eigenvalue weighted by Crippen LogP contribution is -2.26. The zero-order valence-corrected chi connectivity index (χ0v) is 19.6. The largest absolute Gasteiger partial charge is 0.311 e. The van der Waals surface area contributed by atoms with Gasteiger partial charge in [0, 0.05) is 26.7 Å². The molecule has 1 aromatic heterocycles. The minimum atomic E-state index is -3.69. The number of hydrogen-bond donors (Lipinski definition) is 2. The molecule has 0 radical (unpaired) electrons. The van der Waals surface area contributed by atoms with Crippen molar-refractivity contribution in [3.05, 3.63) is 65.5 Å².